The molecule has 158 valence electrons. The van der Waals surface area contributed by atoms with Crippen molar-refractivity contribution in [2.75, 3.05) is 11.1 Å². The van der Waals surface area contributed by atoms with Crippen molar-refractivity contribution < 1.29 is 4.79 Å². The first-order chi connectivity index (χ1) is 14.9. The van der Waals surface area contributed by atoms with Crippen LogP contribution in [0.5, 0.6) is 0 Å². The van der Waals surface area contributed by atoms with Crippen molar-refractivity contribution in [3.8, 4) is 17.3 Å². The maximum absolute atomic E-state index is 12.6. The third-order valence-corrected chi connectivity index (χ3v) is 5.48. The normalized spacial score (nSPS) is 11.0. The number of amides is 1. The molecule has 1 aromatic carbocycles. The number of rotatable bonds is 6. The number of aromatic nitrogens is 7. The maximum atomic E-state index is 12.6. The molecule has 1 N–H and O–H groups in total. The third-order valence-electron chi connectivity index (χ3n) is 4.46. The lowest BCUT2D eigenvalue weighted by atomic mass is 10.2. The van der Waals surface area contributed by atoms with E-state index in [2.05, 4.69) is 30.6 Å². The number of carbonyl (C=O) groups is 1. The van der Waals surface area contributed by atoms with Crippen LogP contribution in [0.15, 0.2) is 47.6 Å². The number of nitrogens with one attached hydrogen (secondary N) is 1. The SMILES string of the molecule is Cc1cc(C)nc(-n2nc(C)cc2NC(=O)CSc2nnc(-c3ccccc3)n2C)n1. The van der Waals surface area contributed by atoms with E-state index in [1.165, 1.54) is 11.8 Å². The van der Waals surface area contributed by atoms with Crippen LogP contribution in [0.1, 0.15) is 17.1 Å². The van der Waals surface area contributed by atoms with Gasteiger partial charge in [-0.05, 0) is 26.8 Å². The van der Waals surface area contributed by atoms with Crippen molar-refractivity contribution in [3.05, 3.63) is 59.5 Å². The zero-order valence-corrected chi connectivity index (χ0v) is 18.5. The Morgan fingerprint density at radius 2 is 1.71 bits per heavy atom. The molecule has 4 rings (SSSR count). The van der Waals surface area contributed by atoms with Gasteiger partial charge in [-0.15, -0.1) is 10.2 Å². The molecule has 0 saturated carbocycles. The van der Waals surface area contributed by atoms with Gasteiger partial charge >= 0.3 is 0 Å². The Hall–Kier alpha value is -3.53. The zero-order valence-electron chi connectivity index (χ0n) is 17.7. The Morgan fingerprint density at radius 3 is 2.42 bits per heavy atom. The van der Waals surface area contributed by atoms with E-state index in [4.69, 9.17) is 0 Å². The molecule has 0 saturated heterocycles. The van der Waals surface area contributed by atoms with Crippen LogP contribution in [-0.4, -0.2) is 46.2 Å². The van der Waals surface area contributed by atoms with Gasteiger partial charge in [-0.3, -0.25) is 4.79 Å². The molecule has 0 aliphatic carbocycles. The summed E-state index contributed by atoms with van der Waals surface area (Å²) in [6.45, 7) is 5.65. The average molecular weight is 435 g/mol. The molecule has 0 fully saturated rings. The summed E-state index contributed by atoms with van der Waals surface area (Å²) >= 11 is 1.32. The minimum Gasteiger partial charge on any atom is -0.310 e. The van der Waals surface area contributed by atoms with Crippen LogP contribution < -0.4 is 5.32 Å². The lowest BCUT2D eigenvalue weighted by Crippen LogP contribution is -2.18. The second-order valence-electron chi connectivity index (χ2n) is 7.10. The molecule has 31 heavy (non-hydrogen) atoms. The molecule has 4 aromatic rings. The first kappa shape index (κ1) is 20.7. The standard InChI is InChI=1S/C21H22N8OS/c1-13-10-14(2)23-20(22-13)29-17(11-15(3)27-29)24-18(30)12-31-21-26-25-19(28(21)4)16-8-6-5-7-9-16/h5-11H,12H2,1-4H3,(H,24,30). The van der Waals surface area contributed by atoms with Gasteiger partial charge in [-0.1, -0.05) is 42.1 Å². The van der Waals surface area contributed by atoms with Crippen molar-refractivity contribution in [2.45, 2.75) is 25.9 Å². The van der Waals surface area contributed by atoms with E-state index < -0.39 is 0 Å². The predicted octanol–water partition coefficient (Wildman–Crippen LogP) is 3.11. The Labute approximate surface area is 184 Å². The van der Waals surface area contributed by atoms with Gasteiger partial charge in [-0.2, -0.15) is 9.78 Å². The Bertz CT molecular complexity index is 1210. The summed E-state index contributed by atoms with van der Waals surface area (Å²) < 4.78 is 3.43. The van der Waals surface area contributed by atoms with Gasteiger partial charge in [0, 0.05) is 30.1 Å². The highest BCUT2D eigenvalue weighted by molar-refractivity contribution is 7.99. The zero-order chi connectivity index (χ0) is 22.0. The molecule has 10 heteroatoms. The summed E-state index contributed by atoms with van der Waals surface area (Å²) in [6.07, 6.45) is 0. The van der Waals surface area contributed by atoms with Gasteiger partial charge in [0.25, 0.3) is 5.95 Å². The monoisotopic (exact) mass is 434 g/mol. The second kappa shape index (κ2) is 8.68. The van der Waals surface area contributed by atoms with Crippen LogP contribution in [0.4, 0.5) is 5.82 Å². The summed E-state index contributed by atoms with van der Waals surface area (Å²) in [5.74, 6) is 1.70. The van der Waals surface area contributed by atoms with Crippen molar-refractivity contribution in [1.29, 1.82) is 0 Å². The quantitative estimate of drug-likeness (QED) is 0.465. The number of nitrogens with zero attached hydrogens (tertiary/aromatic N) is 7. The largest absolute Gasteiger partial charge is 0.310 e. The van der Waals surface area contributed by atoms with Gasteiger partial charge in [-0.25, -0.2) is 9.97 Å². The van der Waals surface area contributed by atoms with E-state index in [-0.39, 0.29) is 11.7 Å². The lowest BCUT2D eigenvalue weighted by Gasteiger charge is -2.09. The number of aryl methyl sites for hydroxylation is 3. The summed E-state index contributed by atoms with van der Waals surface area (Å²) in [5.41, 5.74) is 3.40. The molecular weight excluding hydrogens is 412 g/mol. The molecule has 9 nitrogen and oxygen atoms in total. The van der Waals surface area contributed by atoms with Gasteiger partial charge in [0.1, 0.15) is 5.82 Å². The van der Waals surface area contributed by atoms with E-state index in [0.717, 1.165) is 28.5 Å². The smallest absolute Gasteiger partial charge is 0.252 e. The Balaban J connectivity index is 1.46. The minimum atomic E-state index is -0.181. The van der Waals surface area contributed by atoms with Gasteiger partial charge in [0.05, 0.1) is 11.4 Å². The Kier molecular flexibility index (Phi) is 5.81. The molecule has 0 atom stereocenters. The number of hydrogen-bond acceptors (Lipinski definition) is 7. The summed E-state index contributed by atoms with van der Waals surface area (Å²) in [5, 5.41) is 16.5. The van der Waals surface area contributed by atoms with E-state index in [1.54, 1.807) is 10.7 Å². The molecular formula is C21H22N8OS. The molecule has 0 aliphatic rings. The minimum absolute atomic E-state index is 0.179. The van der Waals surface area contributed by atoms with Crippen LogP contribution >= 0.6 is 11.8 Å². The van der Waals surface area contributed by atoms with Crippen molar-refractivity contribution in [1.82, 2.24) is 34.5 Å². The molecule has 0 bridgehead atoms. The fourth-order valence-corrected chi connectivity index (χ4v) is 3.84. The summed E-state index contributed by atoms with van der Waals surface area (Å²) in [6, 6.07) is 13.5. The van der Waals surface area contributed by atoms with Crippen LogP contribution in [0.2, 0.25) is 0 Å². The number of hydrogen-bond donors (Lipinski definition) is 1. The van der Waals surface area contributed by atoms with Gasteiger partial charge in [0.15, 0.2) is 11.0 Å². The lowest BCUT2D eigenvalue weighted by molar-refractivity contribution is -0.113. The molecule has 0 aliphatic heterocycles. The van der Waals surface area contributed by atoms with E-state index in [9.17, 15) is 4.79 Å². The van der Waals surface area contributed by atoms with Crippen molar-refractivity contribution >= 4 is 23.5 Å². The first-order valence-corrected chi connectivity index (χ1v) is 10.7. The van der Waals surface area contributed by atoms with Crippen molar-refractivity contribution in [2.24, 2.45) is 7.05 Å². The first-order valence-electron chi connectivity index (χ1n) is 9.67. The van der Waals surface area contributed by atoms with Gasteiger partial charge in [0.2, 0.25) is 5.91 Å². The van der Waals surface area contributed by atoms with Crippen LogP contribution in [0.3, 0.4) is 0 Å². The maximum Gasteiger partial charge on any atom is 0.252 e. The average Bonchev–Trinajstić information content (AvgIpc) is 3.28. The summed E-state index contributed by atoms with van der Waals surface area (Å²) in [7, 11) is 1.89. The topological polar surface area (TPSA) is 103 Å². The molecule has 3 heterocycles. The van der Waals surface area contributed by atoms with Crippen LogP contribution in [-0.2, 0) is 11.8 Å². The molecule has 3 aromatic heterocycles. The van der Waals surface area contributed by atoms with Crippen LogP contribution in [0, 0.1) is 20.8 Å². The predicted molar refractivity (Wildman–Crippen MR) is 119 cm³/mol. The highest BCUT2D eigenvalue weighted by atomic mass is 32.2. The second-order valence-corrected chi connectivity index (χ2v) is 8.04. The molecule has 0 radical (unpaired) electrons. The fourth-order valence-electron chi connectivity index (χ4n) is 3.13. The molecule has 0 unspecified atom stereocenters. The number of anilines is 1. The fraction of sp³-hybridized carbons (Fsp3) is 0.238. The highest BCUT2D eigenvalue weighted by Crippen LogP contribution is 2.23. The third kappa shape index (κ3) is 4.64. The number of benzene rings is 1. The van der Waals surface area contributed by atoms with Crippen molar-refractivity contribution in [3.63, 3.8) is 0 Å². The van der Waals surface area contributed by atoms with E-state index >= 15 is 0 Å². The molecule has 1 amide bonds. The van der Waals surface area contributed by atoms with E-state index in [0.29, 0.717) is 16.9 Å². The van der Waals surface area contributed by atoms with Gasteiger partial charge < -0.3 is 9.88 Å². The Morgan fingerprint density at radius 1 is 1.00 bits per heavy atom. The summed E-state index contributed by atoms with van der Waals surface area (Å²) in [4.78, 5) is 21.5. The number of carbonyl (C=O) groups excluding carboxylic acids is 1. The van der Waals surface area contributed by atoms with E-state index in [1.807, 2.05) is 68.8 Å². The van der Waals surface area contributed by atoms with Crippen LogP contribution in [0.25, 0.3) is 17.3 Å². The number of thioether (sulfide) groups is 1. The molecule has 0 spiro atoms. The highest BCUT2D eigenvalue weighted by Gasteiger charge is 2.16.